The summed E-state index contributed by atoms with van der Waals surface area (Å²) in [6, 6.07) is 6.56. The molecule has 1 N–H and O–H groups in total. The molecule has 0 spiro atoms. The molecule has 17 heavy (non-hydrogen) atoms. The number of benzene rings is 1. The van der Waals surface area contributed by atoms with Crippen molar-refractivity contribution in [2.45, 2.75) is 19.4 Å². The van der Waals surface area contributed by atoms with Gasteiger partial charge in [0.25, 0.3) is 0 Å². The van der Waals surface area contributed by atoms with Crippen LogP contribution in [0.3, 0.4) is 0 Å². The minimum absolute atomic E-state index is 0.209. The van der Waals surface area contributed by atoms with Crippen molar-refractivity contribution in [3.05, 3.63) is 35.6 Å². The number of piperidine rings is 1. The molecule has 1 aliphatic rings. The first-order chi connectivity index (χ1) is 8.15. The van der Waals surface area contributed by atoms with Crippen LogP contribution >= 0.6 is 0 Å². The number of hydrogen-bond donors (Lipinski definition) is 1. The fourth-order valence-electron chi connectivity index (χ4n) is 2.23. The summed E-state index contributed by atoms with van der Waals surface area (Å²) in [6.07, 6.45) is 1.37. The molecule has 1 saturated heterocycles. The zero-order valence-corrected chi connectivity index (χ0v) is 9.60. The van der Waals surface area contributed by atoms with Gasteiger partial charge >= 0.3 is 5.97 Å². The summed E-state index contributed by atoms with van der Waals surface area (Å²) in [5.41, 5.74) is 0.943. The molecule has 3 nitrogen and oxygen atoms in total. The van der Waals surface area contributed by atoms with Crippen molar-refractivity contribution in [3.8, 4) is 0 Å². The number of halogens is 1. The highest BCUT2D eigenvalue weighted by Crippen LogP contribution is 2.19. The third-order valence-electron chi connectivity index (χ3n) is 3.23. The van der Waals surface area contributed by atoms with Gasteiger partial charge in [-0.1, -0.05) is 12.1 Å². The van der Waals surface area contributed by atoms with Crippen molar-refractivity contribution in [1.82, 2.24) is 4.90 Å². The maximum Gasteiger partial charge on any atom is 0.306 e. The molecule has 0 unspecified atom stereocenters. The van der Waals surface area contributed by atoms with Gasteiger partial charge in [0.15, 0.2) is 0 Å². The van der Waals surface area contributed by atoms with Gasteiger partial charge in [-0.25, -0.2) is 4.39 Å². The predicted molar refractivity (Wildman–Crippen MR) is 62.0 cm³/mol. The Morgan fingerprint density at radius 2 is 2.12 bits per heavy atom. The summed E-state index contributed by atoms with van der Waals surface area (Å²) in [5.74, 6) is -1.13. The van der Waals surface area contributed by atoms with E-state index in [2.05, 4.69) is 4.90 Å². The van der Waals surface area contributed by atoms with E-state index in [0.29, 0.717) is 19.4 Å². The predicted octanol–water partition coefficient (Wildman–Crippen LogP) is 2.12. The summed E-state index contributed by atoms with van der Waals surface area (Å²) in [7, 11) is 0. The second kappa shape index (κ2) is 5.27. The van der Waals surface area contributed by atoms with Crippen molar-refractivity contribution in [2.75, 3.05) is 13.1 Å². The Morgan fingerprint density at radius 3 is 2.71 bits per heavy atom. The molecule has 0 atom stereocenters. The monoisotopic (exact) mass is 237 g/mol. The van der Waals surface area contributed by atoms with Gasteiger partial charge in [0.1, 0.15) is 5.82 Å². The standard InChI is InChI=1S/C13H16FNO2/c14-12-3-1-2-10(8-12)9-15-6-4-11(5-7-15)13(16)17/h1-3,8,11H,4-7,9H2,(H,16,17). The van der Waals surface area contributed by atoms with E-state index in [4.69, 9.17) is 5.11 Å². The number of aliphatic carboxylic acids is 1. The maximum atomic E-state index is 13.0. The second-order valence-corrected chi connectivity index (χ2v) is 4.52. The second-order valence-electron chi connectivity index (χ2n) is 4.52. The fourth-order valence-corrected chi connectivity index (χ4v) is 2.23. The highest BCUT2D eigenvalue weighted by atomic mass is 19.1. The molecule has 2 rings (SSSR count). The van der Waals surface area contributed by atoms with Gasteiger partial charge < -0.3 is 5.11 Å². The van der Waals surface area contributed by atoms with Crippen LogP contribution in [0.4, 0.5) is 4.39 Å². The average Bonchev–Trinajstić information content (AvgIpc) is 2.29. The topological polar surface area (TPSA) is 40.5 Å². The molecule has 1 heterocycles. The smallest absolute Gasteiger partial charge is 0.306 e. The van der Waals surface area contributed by atoms with Crippen molar-refractivity contribution >= 4 is 5.97 Å². The Bertz CT molecular complexity index is 400. The van der Waals surface area contributed by atoms with Crippen LogP contribution in [0.2, 0.25) is 0 Å². The van der Waals surface area contributed by atoms with Gasteiger partial charge in [-0.3, -0.25) is 9.69 Å². The lowest BCUT2D eigenvalue weighted by molar-refractivity contribution is -0.143. The van der Waals surface area contributed by atoms with E-state index in [0.717, 1.165) is 18.7 Å². The van der Waals surface area contributed by atoms with Gasteiger partial charge in [-0.2, -0.15) is 0 Å². The Balaban J connectivity index is 1.88. The van der Waals surface area contributed by atoms with Gasteiger partial charge in [0, 0.05) is 6.54 Å². The lowest BCUT2D eigenvalue weighted by atomic mass is 9.97. The zero-order chi connectivity index (χ0) is 12.3. The molecule has 0 radical (unpaired) electrons. The average molecular weight is 237 g/mol. The van der Waals surface area contributed by atoms with E-state index in [1.165, 1.54) is 12.1 Å². The van der Waals surface area contributed by atoms with Crippen molar-refractivity contribution in [1.29, 1.82) is 0 Å². The van der Waals surface area contributed by atoms with Crippen molar-refractivity contribution in [3.63, 3.8) is 0 Å². The van der Waals surface area contributed by atoms with Crippen LogP contribution in [0.5, 0.6) is 0 Å². The van der Waals surface area contributed by atoms with Crippen LogP contribution in [0.25, 0.3) is 0 Å². The number of carboxylic acids is 1. The molecule has 1 aromatic rings. The highest BCUT2D eigenvalue weighted by molar-refractivity contribution is 5.70. The Morgan fingerprint density at radius 1 is 1.41 bits per heavy atom. The molecule has 92 valence electrons. The fraction of sp³-hybridized carbons (Fsp3) is 0.462. The summed E-state index contributed by atoms with van der Waals surface area (Å²) >= 11 is 0. The van der Waals surface area contributed by atoms with Crippen LogP contribution in [0, 0.1) is 11.7 Å². The number of rotatable bonds is 3. The Hall–Kier alpha value is -1.42. The largest absolute Gasteiger partial charge is 0.481 e. The molecule has 0 aromatic heterocycles. The molecular formula is C13H16FNO2. The lowest BCUT2D eigenvalue weighted by Crippen LogP contribution is -2.35. The molecule has 1 aliphatic heterocycles. The number of likely N-dealkylation sites (tertiary alicyclic amines) is 1. The zero-order valence-electron chi connectivity index (χ0n) is 9.60. The summed E-state index contributed by atoms with van der Waals surface area (Å²) in [5, 5.41) is 8.88. The lowest BCUT2D eigenvalue weighted by Gasteiger charge is -2.29. The number of nitrogens with zero attached hydrogens (tertiary/aromatic N) is 1. The molecule has 1 aromatic carbocycles. The minimum Gasteiger partial charge on any atom is -0.481 e. The van der Waals surface area contributed by atoms with E-state index in [1.54, 1.807) is 6.07 Å². The van der Waals surface area contributed by atoms with Crippen LogP contribution in [0.15, 0.2) is 24.3 Å². The van der Waals surface area contributed by atoms with Gasteiger partial charge in [-0.15, -0.1) is 0 Å². The maximum absolute atomic E-state index is 13.0. The number of carbonyl (C=O) groups is 1. The van der Waals surface area contributed by atoms with Crippen LogP contribution in [-0.4, -0.2) is 29.1 Å². The van der Waals surface area contributed by atoms with E-state index in [1.807, 2.05) is 6.07 Å². The van der Waals surface area contributed by atoms with E-state index >= 15 is 0 Å². The first kappa shape index (κ1) is 12.0. The Kier molecular flexibility index (Phi) is 3.74. The first-order valence-electron chi connectivity index (χ1n) is 5.85. The van der Waals surface area contributed by atoms with E-state index in [-0.39, 0.29) is 11.7 Å². The summed E-state index contributed by atoms with van der Waals surface area (Å²) < 4.78 is 13.0. The van der Waals surface area contributed by atoms with Crippen molar-refractivity contribution < 1.29 is 14.3 Å². The highest BCUT2D eigenvalue weighted by Gasteiger charge is 2.24. The third-order valence-corrected chi connectivity index (χ3v) is 3.23. The molecule has 0 aliphatic carbocycles. The normalized spacial score (nSPS) is 18.2. The van der Waals surface area contributed by atoms with Crippen LogP contribution in [-0.2, 0) is 11.3 Å². The van der Waals surface area contributed by atoms with Crippen molar-refractivity contribution in [2.24, 2.45) is 5.92 Å². The van der Waals surface area contributed by atoms with Gasteiger partial charge in [0.05, 0.1) is 5.92 Å². The van der Waals surface area contributed by atoms with Gasteiger partial charge in [0.2, 0.25) is 0 Å². The van der Waals surface area contributed by atoms with Gasteiger partial charge in [-0.05, 0) is 43.6 Å². The summed E-state index contributed by atoms with van der Waals surface area (Å²) in [6.45, 7) is 2.24. The van der Waals surface area contributed by atoms with Crippen LogP contribution < -0.4 is 0 Å². The van der Waals surface area contributed by atoms with Crippen LogP contribution in [0.1, 0.15) is 18.4 Å². The van der Waals surface area contributed by atoms with E-state index < -0.39 is 5.97 Å². The molecule has 0 amide bonds. The molecular weight excluding hydrogens is 221 g/mol. The SMILES string of the molecule is O=C(O)C1CCN(Cc2cccc(F)c2)CC1. The molecule has 1 fully saturated rings. The molecule has 0 saturated carbocycles. The number of hydrogen-bond acceptors (Lipinski definition) is 2. The summed E-state index contributed by atoms with van der Waals surface area (Å²) in [4.78, 5) is 13.0. The molecule has 4 heteroatoms. The molecule has 0 bridgehead atoms. The quantitative estimate of drug-likeness (QED) is 0.875. The van der Waals surface area contributed by atoms with E-state index in [9.17, 15) is 9.18 Å². The minimum atomic E-state index is -0.699. The third kappa shape index (κ3) is 3.27. The number of carboxylic acid groups (broad SMARTS) is 1. The Labute approximate surface area is 99.9 Å². The first-order valence-corrected chi connectivity index (χ1v) is 5.85.